The Balaban J connectivity index is 1.78. The van der Waals surface area contributed by atoms with Crippen LogP contribution in [-0.4, -0.2) is 56.4 Å². The predicted octanol–water partition coefficient (Wildman–Crippen LogP) is 0.528. The van der Waals surface area contributed by atoms with E-state index in [1.807, 2.05) is 13.8 Å². The highest BCUT2D eigenvalue weighted by molar-refractivity contribution is 6.01. The van der Waals surface area contributed by atoms with Gasteiger partial charge in [0.2, 0.25) is 0 Å². The van der Waals surface area contributed by atoms with Crippen LogP contribution in [0.5, 0.6) is 0 Å². The number of hydrogen-bond donors (Lipinski definition) is 4. The topological polar surface area (TPSA) is 115 Å². The molecule has 3 fully saturated rings. The van der Waals surface area contributed by atoms with Crippen molar-refractivity contribution in [2.45, 2.75) is 57.3 Å². The van der Waals surface area contributed by atoms with Gasteiger partial charge in [0.25, 0.3) is 0 Å². The van der Waals surface area contributed by atoms with E-state index in [2.05, 4.69) is 0 Å². The molecule has 0 bridgehead atoms. The van der Waals surface area contributed by atoms with E-state index in [-0.39, 0.29) is 36.4 Å². The Morgan fingerprint density at radius 1 is 1.30 bits per heavy atom. The van der Waals surface area contributed by atoms with Gasteiger partial charge in [-0.1, -0.05) is 19.9 Å². The fraction of sp³-hybridized carbons (Fsp3) is 0.714. The van der Waals surface area contributed by atoms with E-state index in [1.54, 1.807) is 6.08 Å². The normalized spacial score (nSPS) is 51.3. The molecule has 0 spiro atoms. The molecule has 0 aromatic rings. The van der Waals surface area contributed by atoms with Gasteiger partial charge in [0.15, 0.2) is 11.6 Å². The molecule has 4 rings (SSSR count). The minimum Gasteiger partial charge on any atom is -0.393 e. The van der Waals surface area contributed by atoms with Crippen LogP contribution in [0.25, 0.3) is 0 Å². The van der Waals surface area contributed by atoms with Crippen molar-refractivity contribution in [2.24, 2.45) is 28.6 Å². The Kier molecular flexibility index (Phi) is 4.10. The lowest BCUT2D eigenvalue weighted by molar-refractivity contribution is -0.182. The first-order valence-corrected chi connectivity index (χ1v) is 9.76. The summed E-state index contributed by atoms with van der Waals surface area (Å²) in [5, 5.41) is 42.5. The molecule has 8 atom stereocenters. The molecule has 0 radical (unpaired) electrons. The summed E-state index contributed by atoms with van der Waals surface area (Å²) in [5.74, 6) is -1.08. The first kappa shape index (κ1) is 19.0. The van der Waals surface area contributed by atoms with Crippen LogP contribution < -0.4 is 0 Å². The molecule has 0 aliphatic heterocycles. The standard InChI is InChI=1S/C21H28O6/c1-19-5-3-11(23)7-14(19)15(24)8-12-13-4-6-21(27,17(26)10-22)20(13,2)9-16(25)18(12)19/h3,5,7,12-13,15-16,18,22,24-25,27H,4,6,8-10H2,1-2H3/t12-,13-,15+,16-,18+,19-,20-,21-/m1/s1. The molecule has 4 N–H and O–H groups in total. The van der Waals surface area contributed by atoms with Gasteiger partial charge in [0, 0.05) is 16.7 Å². The second-order valence-corrected chi connectivity index (χ2v) is 9.33. The van der Waals surface area contributed by atoms with E-state index >= 15 is 0 Å². The SMILES string of the molecule is C[C@@]12C=CC(=O)C=C1[C@@H](O)C[C@H]1[C@H]2[C@H](O)C[C@]2(C)[C@@H]1CC[C@@]2(O)C(=O)CO. The molecular formula is C21H28O6. The summed E-state index contributed by atoms with van der Waals surface area (Å²) < 4.78 is 0. The van der Waals surface area contributed by atoms with Crippen LogP contribution in [0.3, 0.4) is 0 Å². The maximum Gasteiger partial charge on any atom is 0.190 e. The average Bonchev–Trinajstić information content (AvgIpc) is 2.87. The van der Waals surface area contributed by atoms with Gasteiger partial charge in [0.1, 0.15) is 12.2 Å². The zero-order valence-corrected chi connectivity index (χ0v) is 15.8. The summed E-state index contributed by atoms with van der Waals surface area (Å²) in [5.41, 5.74) is -2.48. The maximum absolute atomic E-state index is 12.4. The lowest BCUT2D eigenvalue weighted by atomic mass is 9.45. The van der Waals surface area contributed by atoms with Crippen molar-refractivity contribution in [2.75, 3.05) is 6.61 Å². The monoisotopic (exact) mass is 376 g/mol. The van der Waals surface area contributed by atoms with Crippen molar-refractivity contribution >= 4 is 11.6 Å². The Morgan fingerprint density at radius 2 is 2.00 bits per heavy atom. The zero-order chi connectivity index (χ0) is 19.8. The first-order chi connectivity index (χ1) is 12.6. The molecule has 3 saturated carbocycles. The van der Waals surface area contributed by atoms with Crippen molar-refractivity contribution in [3.63, 3.8) is 0 Å². The molecule has 4 aliphatic carbocycles. The molecule has 0 aromatic heterocycles. The molecule has 27 heavy (non-hydrogen) atoms. The summed E-state index contributed by atoms with van der Waals surface area (Å²) in [4.78, 5) is 24.2. The largest absolute Gasteiger partial charge is 0.393 e. The summed E-state index contributed by atoms with van der Waals surface area (Å²) in [6.45, 7) is 3.06. The van der Waals surface area contributed by atoms with Gasteiger partial charge < -0.3 is 20.4 Å². The van der Waals surface area contributed by atoms with E-state index < -0.39 is 41.0 Å². The third-order valence-electron chi connectivity index (χ3n) is 8.27. The molecular weight excluding hydrogens is 348 g/mol. The fourth-order valence-corrected chi connectivity index (χ4v) is 6.97. The number of hydrogen-bond acceptors (Lipinski definition) is 6. The van der Waals surface area contributed by atoms with Crippen LogP contribution in [0.15, 0.2) is 23.8 Å². The Hall–Kier alpha value is -1.34. The number of aliphatic hydroxyl groups is 4. The lowest BCUT2D eigenvalue weighted by Gasteiger charge is -2.60. The van der Waals surface area contributed by atoms with Crippen molar-refractivity contribution in [3.05, 3.63) is 23.8 Å². The summed E-state index contributed by atoms with van der Waals surface area (Å²) in [7, 11) is 0. The second-order valence-electron chi connectivity index (χ2n) is 9.33. The first-order valence-electron chi connectivity index (χ1n) is 9.76. The molecule has 0 aromatic carbocycles. The predicted molar refractivity (Wildman–Crippen MR) is 96.4 cm³/mol. The van der Waals surface area contributed by atoms with Crippen LogP contribution in [0, 0.1) is 28.6 Å². The van der Waals surface area contributed by atoms with Gasteiger partial charge in [-0.05, 0) is 55.2 Å². The molecule has 4 aliphatic rings. The van der Waals surface area contributed by atoms with Crippen LogP contribution in [0.4, 0.5) is 0 Å². The number of ketones is 2. The summed E-state index contributed by atoms with van der Waals surface area (Å²) in [6, 6.07) is 0. The van der Waals surface area contributed by atoms with Crippen LogP contribution in [-0.2, 0) is 9.59 Å². The Labute approximate surface area is 158 Å². The second kappa shape index (κ2) is 5.83. The van der Waals surface area contributed by atoms with Crippen LogP contribution in [0.1, 0.15) is 39.5 Å². The number of Topliss-reactive ketones (excluding diaryl/α,β-unsaturated/α-hetero) is 1. The maximum atomic E-state index is 12.4. The number of rotatable bonds is 2. The van der Waals surface area contributed by atoms with Crippen molar-refractivity contribution in [1.82, 2.24) is 0 Å². The fourth-order valence-electron chi connectivity index (χ4n) is 6.97. The highest BCUT2D eigenvalue weighted by Gasteiger charge is 2.68. The third kappa shape index (κ3) is 2.27. The van der Waals surface area contributed by atoms with Crippen LogP contribution >= 0.6 is 0 Å². The molecule has 0 heterocycles. The Morgan fingerprint density at radius 3 is 2.67 bits per heavy atom. The number of carbonyl (C=O) groups is 2. The van der Waals surface area contributed by atoms with Gasteiger partial charge in [-0.3, -0.25) is 9.59 Å². The third-order valence-corrected chi connectivity index (χ3v) is 8.27. The molecule has 0 unspecified atom stereocenters. The highest BCUT2D eigenvalue weighted by Crippen LogP contribution is 2.67. The van der Waals surface area contributed by atoms with Crippen LogP contribution in [0.2, 0.25) is 0 Å². The van der Waals surface area contributed by atoms with E-state index in [1.165, 1.54) is 12.2 Å². The van der Waals surface area contributed by atoms with E-state index in [0.717, 1.165) is 0 Å². The van der Waals surface area contributed by atoms with Gasteiger partial charge >= 0.3 is 0 Å². The summed E-state index contributed by atoms with van der Waals surface area (Å²) >= 11 is 0. The number of fused-ring (bicyclic) bond motifs is 5. The average molecular weight is 376 g/mol. The molecule has 0 saturated heterocycles. The van der Waals surface area contributed by atoms with Crippen molar-refractivity contribution in [3.8, 4) is 0 Å². The van der Waals surface area contributed by atoms with Gasteiger partial charge in [0.05, 0.1) is 12.2 Å². The molecule has 6 nitrogen and oxygen atoms in total. The van der Waals surface area contributed by atoms with Crippen molar-refractivity contribution < 1.29 is 30.0 Å². The van der Waals surface area contributed by atoms with E-state index in [4.69, 9.17) is 0 Å². The Bertz CT molecular complexity index is 756. The highest BCUT2D eigenvalue weighted by atomic mass is 16.3. The zero-order valence-electron chi connectivity index (χ0n) is 15.8. The number of aliphatic hydroxyl groups excluding tert-OH is 3. The quantitative estimate of drug-likeness (QED) is 0.559. The minimum absolute atomic E-state index is 0.0505. The molecule has 6 heteroatoms. The van der Waals surface area contributed by atoms with Gasteiger partial charge in [-0.15, -0.1) is 0 Å². The lowest BCUT2D eigenvalue weighted by Crippen LogP contribution is -2.63. The minimum atomic E-state index is -1.65. The molecule has 0 amide bonds. The van der Waals surface area contributed by atoms with Gasteiger partial charge in [-0.2, -0.15) is 0 Å². The smallest absolute Gasteiger partial charge is 0.190 e. The van der Waals surface area contributed by atoms with Crippen molar-refractivity contribution in [1.29, 1.82) is 0 Å². The summed E-state index contributed by atoms with van der Waals surface area (Å²) in [6.07, 6.45) is 4.73. The van der Waals surface area contributed by atoms with E-state index in [9.17, 15) is 30.0 Å². The molecule has 148 valence electrons. The number of carbonyl (C=O) groups excluding carboxylic acids is 2. The van der Waals surface area contributed by atoms with E-state index in [0.29, 0.717) is 18.4 Å². The number of allylic oxidation sites excluding steroid dienone is 3. The van der Waals surface area contributed by atoms with Gasteiger partial charge in [-0.25, -0.2) is 0 Å².